The SMILES string of the molecule is CCCCNC(=O)c1cc(NCCc2ccccc2)nc(C)n1. The second-order valence-corrected chi connectivity index (χ2v) is 5.46. The van der Waals surface area contributed by atoms with E-state index in [4.69, 9.17) is 0 Å². The van der Waals surface area contributed by atoms with Crippen LogP contribution in [0.5, 0.6) is 0 Å². The number of aromatic nitrogens is 2. The Bertz CT molecular complexity index is 628. The first-order valence-corrected chi connectivity index (χ1v) is 8.10. The molecule has 0 fully saturated rings. The number of anilines is 1. The maximum Gasteiger partial charge on any atom is 0.270 e. The first-order chi connectivity index (χ1) is 11.2. The monoisotopic (exact) mass is 312 g/mol. The van der Waals surface area contributed by atoms with Crippen molar-refractivity contribution in [3.8, 4) is 0 Å². The first kappa shape index (κ1) is 16.9. The van der Waals surface area contributed by atoms with Crippen molar-refractivity contribution in [2.45, 2.75) is 33.1 Å². The molecule has 0 bridgehead atoms. The minimum atomic E-state index is -0.143. The average Bonchev–Trinajstić information content (AvgIpc) is 2.55. The lowest BCUT2D eigenvalue weighted by molar-refractivity contribution is 0.0948. The first-order valence-electron chi connectivity index (χ1n) is 8.10. The molecule has 2 aromatic rings. The van der Waals surface area contributed by atoms with E-state index >= 15 is 0 Å². The van der Waals surface area contributed by atoms with E-state index in [-0.39, 0.29) is 5.91 Å². The standard InChI is InChI=1S/C18H24N4O/c1-3-4-11-20-18(23)16-13-17(22-14(2)21-16)19-12-10-15-8-6-5-7-9-15/h5-9,13H,3-4,10-12H2,1-2H3,(H,20,23)(H,19,21,22). The Balaban J connectivity index is 1.92. The van der Waals surface area contributed by atoms with Crippen LogP contribution in [0.1, 0.15) is 41.6 Å². The maximum absolute atomic E-state index is 12.1. The van der Waals surface area contributed by atoms with Crippen molar-refractivity contribution in [1.29, 1.82) is 0 Å². The van der Waals surface area contributed by atoms with Crippen LogP contribution in [0.3, 0.4) is 0 Å². The Morgan fingerprint density at radius 2 is 1.91 bits per heavy atom. The summed E-state index contributed by atoms with van der Waals surface area (Å²) in [5.41, 5.74) is 1.68. The number of benzene rings is 1. The van der Waals surface area contributed by atoms with Crippen molar-refractivity contribution in [3.63, 3.8) is 0 Å². The minimum Gasteiger partial charge on any atom is -0.370 e. The Morgan fingerprint density at radius 1 is 1.13 bits per heavy atom. The summed E-state index contributed by atoms with van der Waals surface area (Å²) in [6.07, 6.45) is 2.93. The normalized spacial score (nSPS) is 10.3. The third-order valence-corrected chi connectivity index (χ3v) is 3.45. The summed E-state index contributed by atoms with van der Waals surface area (Å²) in [5.74, 6) is 1.14. The van der Waals surface area contributed by atoms with Crippen LogP contribution in [-0.2, 0) is 6.42 Å². The maximum atomic E-state index is 12.1. The number of aryl methyl sites for hydroxylation is 1. The minimum absolute atomic E-state index is 0.143. The summed E-state index contributed by atoms with van der Waals surface area (Å²) in [7, 11) is 0. The molecular weight excluding hydrogens is 288 g/mol. The van der Waals surface area contributed by atoms with Crippen molar-refractivity contribution < 1.29 is 4.79 Å². The van der Waals surface area contributed by atoms with Gasteiger partial charge in [-0.05, 0) is 25.3 Å². The van der Waals surface area contributed by atoms with E-state index in [2.05, 4.69) is 39.7 Å². The smallest absolute Gasteiger partial charge is 0.270 e. The van der Waals surface area contributed by atoms with Gasteiger partial charge >= 0.3 is 0 Å². The third kappa shape index (κ3) is 5.70. The molecule has 2 N–H and O–H groups in total. The summed E-state index contributed by atoms with van der Waals surface area (Å²) < 4.78 is 0. The quantitative estimate of drug-likeness (QED) is 0.735. The van der Waals surface area contributed by atoms with Crippen molar-refractivity contribution in [1.82, 2.24) is 15.3 Å². The Hall–Kier alpha value is -2.43. The van der Waals surface area contributed by atoms with Crippen LogP contribution >= 0.6 is 0 Å². The van der Waals surface area contributed by atoms with Gasteiger partial charge in [-0.15, -0.1) is 0 Å². The average molecular weight is 312 g/mol. The fourth-order valence-corrected chi connectivity index (χ4v) is 2.22. The molecule has 0 spiro atoms. The molecule has 122 valence electrons. The lowest BCUT2D eigenvalue weighted by Crippen LogP contribution is -2.26. The number of amides is 1. The Morgan fingerprint density at radius 3 is 2.65 bits per heavy atom. The van der Waals surface area contributed by atoms with E-state index in [0.29, 0.717) is 23.9 Å². The molecule has 1 heterocycles. The molecule has 0 radical (unpaired) electrons. The van der Waals surface area contributed by atoms with Crippen molar-refractivity contribution >= 4 is 11.7 Å². The number of nitrogens with zero attached hydrogens (tertiary/aromatic N) is 2. The van der Waals surface area contributed by atoms with Crippen LogP contribution in [0.4, 0.5) is 5.82 Å². The van der Waals surface area contributed by atoms with Gasteiger partial charge in [-0.3, -0.25) is 4.79 Å². The van der Waals surface area contributed by atoms with E-state index in [1.165, 1.54) is 5.56 Å². The molecule has 23 heavy (non-hydrogen) atoms. The number of rotatable bonds is 8. The predicted octanol–water partition coefficient (Wildman–Crippen LogP) is 2.97. The zero-order chi connectivity index (χ0) is 16.5. The van der Waals surface area contributed by atoms with Crippen LogP contribution in [0.25, 0.3) is 0 Å². The molecule has 0 atom stereocenters. The van der Waals surface area contributed by atoms with E-state index in [1.54, 1.807) is 13.0 Å². The summed E-state index contributed by atoms with van der Waals surface area (Å²) >= 11 is 0. The van der Waals surface area contributed by atoms with Crippen LogP contribution in [0.15, 0.2) is 36.4 Å². The molecule has 1 aromatic heterocycles. The van der Waals surface area contributed by atoms with Gasteiger partial charge in [0.15, 0.2) is 0 Å². The Kier molecular flexibility index (Phi) is 6.54. The van der Waals surface area contributed by atoms with Gasteiger partial charge < -0.3 is 10.6 Å². The van der Waals surface area contributed by atoms with Crippen molar-refractivity contribution in [2.75, 3.05) is 18.4 Å². The number of carbonyl (C=O) groups is 1. The lowest BCUT2D eigenvalue weighted by atomic mass is 10.1. The number of nitrogens with one attached hydrogen (secondary N) is 2. The molecule has 0 aliphatic heterocycles. The van der Waals surface area contributed by atoms with Gasteiger partial charge in [-0.25, -0.2) is 9.97 Å². The van der Waals surface area contributed by atoms with Gasteiger partial charge in [0.05, 0.1) is 0 Å². The summed E-state index contributed by atoms with van der Waals surface area (Å²) in [6, 6.07) is 12.0. The van der Waals surface area contributed by atoms with Crippen molar-refractivity contribution in [2.24, 2.45) is 0 Å². The highest BCUT2D eigenvalue weighted by Crippen LogP contribution is 2.08. The molecular formula is C18H24N4O. The highest BCUT2D eigenvalue weighted by Gasteiger charge is 2.09. The van der Waals surface area contributed by atoms with Crippen LogP contribution in [0.2, 0.25) is 0 Å². The van der Waals surface area contributed by atoms with Gasteiger partial charge in [0.1, 0.15) is 17.3 Å². The van der Waals surface area contributed by atoms with E-state index in [0.717, 1.165) is 25.8 Å². The predicted molar refractivity (Wildman–Crippen MR) is 92.6 cm³/mol. The van der Waals surface area contributed by atoms with Gasteiger partial charge in [-0.2, -0.15) is 0 Å². The van der Waals surface area contributed by atoms with Gasteiger partial charge in [0, 0.05) is 19.2 Å². The number of unbranched alkanes of at least 4 members (excludes halogenated alkanes) is 1. The molecule has 0 unspecified atom stereocenters. The highest BCUT2D eigenvalue weighted by molar-refractivity contribution is 5.92. The second kappa shape index (κ2) is 8.88. The fraction of sp³-hybridized carbons (Fsp3) is 0.389. The molecule has 5 heteroatoms. The van der Waals surface area contributed by atoms with Gasteiger partial charge in [0.25, 0.3) is 5.91 Å². The number of hydrogen-bond donors (Lipinski definition) is 2. The lowest BCUT2D eigenvalue weighted by Gasteiger charge is -2.09. The summed E-state index contributed by atoms with van der Waals surface area (Å²) in [6.45, 7) is 5.33. The second-order valence-electron chi connectivity index (χ2n) is 5.46. The van der Waals surface area contributed by atoms with Crippen LogP contribution in [0, 0.1) is 6.92 Å². The fourth-order valence-electron chi connectivity index (χ4n) is 2.22. The van der Waals surface area contributed by atoms with Crippen molar-refractivity contribution in [3.05, 3.63) is 53.5 Å². The molecule has 2 rings (SSSR count). The van der Waals surface area contributed by atoms with E-state index < -0.39 is 0 Å². The topological polar surface area (TPSA) is 66.9 Å². The highest BCUT2D eigenvalue weighted by atomic mass is 16.1. The van der Waals surface area contributed by atoms with Gasteiger partial charge in [-0.1, -0.05) is 43.7 Å². The van der Waals surface area contributed by atoms with E-state index in [1.807, 2.05) is 18.2 Å². The zero-order valence-electron chi connectivity index (χ0n) is 13.8. The molecule has 0 aliphatic carbocycles. The summed E-state index contributed by atoms with van der Waals surface area (Å²) in [5, 5.41) is 6.14. The zero-order valence-corrected chi connectivity index (χ0v) is 13.8. The molecule has 0 aliphatic rings. The Labute approximate surface area is 137 Å². The van der Waals surface area contributed by atoms with Crippen LogP contribution in [-0.4, -0.2) is 29.0 Å². The largest absolute Gasteiger partial charge is 0.370 e. The molecule has 0 saturated carbocycles. The van der Waals surface area contributed by atoms with Crippen LogP contribution < -0.4 is 10.6 Å². The number of carbonyl (C=O) groups excluding carboxylic acids is 1. The third-order valence-electron chi connectivity index (χ3n) is 3.45. The molecule has 1 aromatic carbocycles. The molecule has 5 nitrogen and oxygen atoms in total. The molecule has 1 amide bonds. The number of hydrogen-bond acceptors (Lipinski definition) is 4. The molecule has 0 saturated heterocycles. The summed E-state index contributed by atoms with van der Waals surface area (Å²) in [4.78, 5) is 20.6. The van der Waals surface area contributed by atoms with E-state index in [9.17, 15) is 4.79 Å². The van der Waals surface area contributed by atoms with Gasteiger partial charge in [0.2, 0.25) is 0 Å².